The maximum Gasteiger partial charge on any atom is 0.262 e. The molecule has 3 fully saturated rings. The SMILES string of the molecule is C=CCNC(=O)c1cnc(Nc2ccc(N3CC(CN4CCN(c5ccc6c(c5)C(=O)N(C5CCC(=O)NC5=O)C6=O)CC4)C3)cc2)nc1Nc1ccc2c(n1)C(CC)CC2. The summed E-state index contributed by atoms with van der Waals surface area (Å²) in [5, 5.41) is 11.7. The summed E-state index contributed by atoms with van der Waals surface area (Å²) in [7, 11) is 0. The summed E-state index contributed by atoms with van der Waals surface area (Å²) in [5.74, 6) is 0.0289. The average molecular weight is 824 g/mol. The van der Waals surface area contributed by atoms with Crippen LogP contribution >= 0.6 is 0 Å². The molecule has 2 aromatic carbocycles. The van der Waals surface area contributed by atoms with Crippen LogP contribution in [0, 0.1) is 5.92 Å². The standard InChI is InChI=1S/C45H49N11O5/c1-3-17-46-41(58)35-23-47-45(52-40(35)50-37-15-7-29-6-5-28(4-2)39(29)49-37)48-30-8-10-31(11-9-30)55-25-27(26-55)24-53-18-20-54(21-19-53)32-12-13-33-34(22-32)44(61)56(43(33)60)36-14-16-38(57)51-42(36)59/h3,7-13,15,22-23,27-28,36H,1,4-6,14,16-21,24-26H2,2H3,(H,46,58)(H,51,57,59)(H2,47,48,49,50,52). The summed E-state index contributed by atoms with van der Waals surface area (Å²) in [5.41, 5.74) is 6.12. The van der Waals surface area contributed by atoms with E-state index in [-0.39, 0.29) is 18.7 Å². The van der Waals surface area contributed by atoms with Gasteiger partial charge in [0, 0.05) is 99.6 Å². The van der Waals surface area contributed by atoms with Gasteiger partial charge in [0.25, 0.3) is 17.7 Å². The van der Waals surface area contributed by atoms with Gasteiger partial charge in [-0.05, 0) is 79.8 Å². The van der Waals surface area contributed by atoms with Gasteiger partial charge in [-0.25, -0.2) is 9.97 Å². The number of nitrogens with zero attached hydrogens (tertiary/aromatic N) is 7. The molecule has 3 saturated heterocycles. The average Bonchev–Trinajstić information content (AvgIpc) is 3.78. The third-order valence-corrected chi connectivity index (χ3v) is 12.5. The Hall–Kier alpha value is -6.68. The number of hydrogen-bond acceptors (Lipinski definition) is 13. The summed E-state index contributed by atoms with van der Waals surface area (Å²) in [6.07, 6.45) is 6.53. The molecule has 2 aromatic heterocycles. The van der Waals surface area contributed by atoms with E-state index in [1.807, 2.05) is 24.3 Å². The number of piperidine rings is 1. The number of piperazine rings is 1. The molecule has 4 aromatic rings. The van der Waals surface area contributed by atoms with Crippen molar-refractivity contribution in [2.24, 2.45) is 5.92 Å². The van der Waals surface area contributed by atoms with Crippen molar-refractivity contribution in [2.45, 2.75) is 51.0 Å². The molecule has 0 saturated carbocycles. The number of aryl methyl sites for hydroxylation is 1. The largest absolute Gasteiger partial charge is 0.371 e. The van der Waals surface area contributed by atoms with Crippen molar-refractivity contribution in [3.8, 4) is 0 Å². The summed E-state index contributed by atoms with van der Waals surface area (Å²) < 4.78 is 0. The van der Waals surface area contributed by atoms with Gasteiger partial charge >= 0.3 is 0 Å². The van der Waals surface area contributed by atoms with Crippen molar-refractivity contribution in [3.05, 3.63) is 101 Å². The highest BCUT2D eigenvalue weighted by atomic mass is 16.2. The van der Waals surface area contributed by atoms with Gasteiger partial charge in [0.1, 0.15) is 23.2 Å². The molecule has 2 unspecified atom stereocenters. The molecular formula is C45H49N11O5. The molecule has 5 aliphatic rings. The monoisotopic (exact) mass is 823 g/mol. The second kappa shape index (κ2) is 16.8. The van der Waals surface area contributed by atoms with Crippen molar-refractivity contribution in [3.63, 3.8) is 0 Å². The maximum atomic E-state index is 13.3. The van der Waals surface area contributed by atoms with Gasteiger partial charge < -0.3 is 25.8 Å². The van der Waals surface area contributed by atoms with E-state index >= 15 is 0 Å². The zero-order chi connectivity index (χ0) is 42.2. The molecule has 16 heteroatoms. The lowest BCUT2D eigenvalue weighted by Gasteiger charge is -2.45. The number of benzene rings is 2. The third kappa shape index (κ3) is 8.02. The lowest BCUT2D eigenvalue weighted by Crippen LogP contribution is -2.55. The normalized spacial score (nSPS) is 20.2. The highest BCUT2D eigenvalue weighted by molar-refractivity contribution is 6.23. The van der Waals surface area contributed by atoms with Crippen molar-refractivity contribution in [2.75, 3.05) is 72.8 Å². The van der Waals surface area contributed by atoms with Crippen LogP contribution in [0.1, 0.15) is 80.9 Å². The molecule has 0 spiro atoms. The van der Waals surface area contributed by atoms with Crippen LogP contribution in [0.3, 0.4) is 0 Å². The second-order valence-corrected chi connectivity index (χ2v) is 16.4. The number of fused-ring (bicyclic) bond motifs is 2. The lowest BCUT2D eigenvalue weighted by atomic mass is 9.98. The molecule has 0 bridgehead atoms. The minimum Gasteiger partial charge on any atom is -0.371 e. The van der Waals surface area contributed by atoms with Crippen LogP contribution in [-0.4, -0.2) is 113 Å². The molecule has 6 heterocycles. The van der Waals surface area contributed by atoms with E-state index < -0.39 is 29.7 Å². The molecule has 0 radical (unpaired) electrons. The molecule has 9 rings (SSSR count). The number of amides is 5. The third-order valence-electron chi connectivity index (χ3n) is 12.5. The Labute approximate surface area is 353 Å². The molecule has 314 valence electrons. The first-order chi connectivity index (χ1) is 29.6. The van der Waals surface area contributed by atoms with E-state index in [1.54, 1.807) is 18.2 Å². The Morgan fingerprint density at radius 3 is 2.39 bits per heavy atom. The quantitative estimate of drug-likeness (QED) is 0.110. The van der Waals surface area contributed by atoms with E-state index in [2.05, 4.69) is 72.7 Å². The predicted molar refractivity (Wildman–Crippen MR) is 231 cm³/mol. The van der Waals surface area contributed by atoms with Crippen molar-refractivity contribution in [1.29, 1.82) is 0 Å². The number of nitrogens with one attached hydrogen (secondary N) is 4. The predicted octanol–water partition coefficient (Wildman–Crippen LogP) is 4.37. The fourth-order valence-corrected chi connectivity index (χ4v) is 9.08. The number of pyridine rings is 1. The van der Waals surface area contributed by atoms with Gasteiger partial charge in [-0.15, -0.1) is 6.58 Å². The van der Waals surface area contributed by atoms with E-state index in [0.717, 1.165) is 92.7 Å². The van der Waals surface area contributed by atoms with Crippen LogP contribution in [-0.2, 0) is 16.0 Å². The molecule has 4 N–H and O–H groups in total. The number of carbonyl (C=O) groups is 5. The van der Waals surface area contributed by atoms with Crippen molar-refractivity contribution < 1.29 is 24.0 Å². The topological polar surface area (TPSA) is 185 Å². The van der Waals surface area contributed by atoms with E-state index in [4.69, 9.17) is 9.97 Å². The molecule has 61 heavy (non-hydrogen) atoms. The molecule has 1 aliphatic carbocycles. The van der Waals surface area contributed by atoms with Crippen LogP contribution < -0.4 is 31.1 Å². The van der Waals surface area contributed by atoms with Crippen molar-refractivity contribution in [1.82, 2.24) is 35.4 Å². The van der Waals surface area contributed by atoms with Crippen LogP contribution in [0.15, 0.2) is 73.4 Å². The summed E-state index contributed by atoms with van der Waals surface area (Å²) in [4.78, 5) is 85.8. The van der Waals surface area contributed by atoms with E-state index in [9.17, 15) is 24.0 Å². The summed E-state index contributed by atoms with van der Waals surface area (Å²) in [6.45, 7) is 12.5. The molecule has 16 nitrogen and oxygen atoms in total. The minimum atomic E-state index is -0.976. The number of imide groups is 2. The first-order valence-electron chi connectivity index (χ1n) is 21.1. The Kier molecular flexibility index (Phi) is 10.9. The highest BCUT2D eigenvalue weighted by Gasteiger charge is 2.45. The second-order valence-electron chi connectivity index (χ2n) is 16.4. The highest BCUT2D eigenvalue weighted by Crippen LogP contribution is 2.36. The number of carbonyl (C=O) groups excluding carboxylic acids is 5. The molecule has 4 aliphatic heterocycles. The summed E-state index contributed by atoms with van der Waals surface area (Å²) in [6, 6.07) is 16.6. The first-order valence-corrected chi connectivity index (χ1v) is 21.1. The molecular weight excluding hydrogens is 775 g/mol. The van der Waals surface area contributed by atoms with Crippen LogP contribution in [0.4, 0.5) is 34.6 Å². The summed E-state index contributed by atoms with van der Waals surface area (Å²) >= 11 is 0. The fourth-order valence-electron chi connectivity index (χ4n) is 9.08. The molecule has 2 atom stereocenters. The zero-order valence-electron chi connectivity index (χ0n) is 34.2. The fraction of sp³-hybridized carbons (Fsp3) is 0.378. The van der Waals surface area contributed by atoms with Gasteiger partial charge in [0.2, 0.25) is 17.8 Å². The lowest BCUT2D eigenvalue weighted by molar-refractivity contribution is -0.136. The number of rotatable bonds is 13. The number of hydrogen-bond donors (Lipinski definition) is 4. The zero-order valence-corrected chi connectivity index (χ0v) is 34.2. The van der Waals surface area contributed by atoms with Gasteiger partial charge in [-0.1, -0.05) is 19.1 Å². The van der Waals surface area contributed by atoms with Gasteiger partial charge in [-0.3, -0.25) is 39.1 Å². The van der Waals surface area contributed by atoms with Crippen molar-refractivity contribution >= 4 is 64.2 Å². The van der Waals surface area contributed by atoms with E-state index in [0.29, 0.717) is 52.7 Å². The number of aromatic nitrogens is 3. The minimum absolute atomic E-state index is 0.0893. The van der Waals surface area contributed by atoms with Crippen LogP contribution in [0.25, 0.3) is 0 Å². The Bertz CT molecular complexity index is 2410. The molecule has 5 amide bonds. The smallest absolute Gasteiger partial charge is 0.262 e. The Morgan fingerprint density at radius 2 is 1.64 bits per heavy atom. The van der Waals surface area contributed by atoms with Gasteiger partial charge in [0.05, 0.1) is 11.1 Å². The maximum absolute atomic E-state index is 13.3. The Morgan fingerprint density at radius 1 is 0.869 bits per heavy atom. The van der Waals surface area contributed by atoms with Gasteiger partial charge in [-0.2, -0.15) is 4.98 Å². The van der Waals surface area contributed by atoms with E-state index in [1.165, 1.54) is 11.8 Å². The van der Waals surface area contributed by atoms with Crippen LogP contribution in [0.5, 0.6) is 0 Å². The first kappa shape index (κ1) is 39.8. The Balaban J connectivity index is 0.769. The number of anilines is 6. The van der Waals surface area contributed by atoms with Crippen LogP contribution in [0.2, 0.25) is 0 Å². The van der Waals surface area contributed by atoms with Gasteiger partial charge in [0.15, 0.2) is 0 Å².